The molecule has 0 saturated heterocycles. The van der Waals surface area contributed by atoms with E-state index >= 15 is 0 Å². The van der Waals surface area contributed by atoms with E-state index in [9.17, 15) is 0 Å². The maximum atomic E-state index is 2.44. The van der Waals surface area contributed by atoms with Crippen LogP contribution in [0.25, 0.3) is 33.4 Å². The second kappa shape index (κ2) is 9.31. The smallest absolute Gasteiger partial charge is 0.0543 e. The minimum atomic E-state index is -0.0546. The number of hydrogen-bond acceptors (Lipinski definition) is 1. The van der Waals surface area contributed by atoms with Gasteiger partial charge in [0.25, 0.3) is 0 Å². The number of anilines is 3. The highest BCUT2D eigenvalue weighted by atomic mass is 15.1. The van der Waals surface area contributed by atoms with Crippen molar-refractivity contribution >= 4 is 17.1 Å². The molecule has 2 aliphatic rings. The summed E-state index contributed by atoms with van der Waals surface area (Å²) >= 11 is 0. The highest BCUT2D eigenvalue weighted by molar-refractivity contribution is 5.95. The number of para-hydroxylation sites is 1. The summed E-state index contributed by atoms with van der Waals surface area (Å²) in [6, 6.07) is 51.5. The Kier molecular flexibility index (Phi) is 5.59. The van der Waals surface area contributed by atoms with E-state index in [0.29, 0.717) is 0 Å². The van der Waals surface area contributed by atoms with E-state index in [1.54, 1.807) is 0 Å². The van der Waals surface area contributed by atoms with Crippen molar-refractivity contribution < 1.29 is 0 Å². The van der Waals surface area contributed by atoms with Crippen LogP contribution in [-0.2, 0) is 10.8 Å². The molecule has 0 spiro atoms. The van der Waals surface area contributed by atoms with Crippen LogP contribution in [0.1, 0.15) is 49.9 Å². The zero-order valence-electron chi connectivity index (χ0n) is 25.2. The average Bonchev–Trinajstić information content (AvgIpc) is 3.42. The van der Waals surface area contributed by atoms with Crippen LogP contribution in [0.3, 0.4) is 0 Å². The molecule has 1 heteroatoms. The van der Waals surface area contributed by atoms with Crippen LogP contribution in [0.2, 0.25) is 0 Å². The summed E-state index contributed by atoms with van der Waals surface area (Å²) in [5, 5.41) is 0. The Morgan fingerprint density at radius 2 is 0.953 bits per heavy atom. The molecule has 43 heavy (non-hydrogen) atoms. The van der Waals surface area contributed by atoms with E-state index in [2.05, 4.69) is 172 Å². The van der Waals surface area contributed by atoms with Crippen LogP contribution in [0.15, 0.2) is 140 Å². The van der Waals surface area contributed by atoms with Crippen LogP contribution >= 0.6 is 0 Å². The summed E-state index contributed by atoms with van der Waals surface area (Å²) in [5.41, 5.74) is 16.9. The molecule has 1 nitrogen and oxygen atoms in total. The lowest BCUT2D eigenvalue weighted by molar-refractivity contribution is 0.660. The zero-order chi connectivity index (χ0) is 29.3. The third kappa shape index (κ3) is 3.78. The summed E-state index contributed by atoms with van der Waals surface area (Å²) < 4.78 is 0. The highest BCUT2D eigenvalue weighted by Crippen LogP contribution is 2.54. The first kappa shape index (κ1) is 25.8. The summed E-state index contributed by atoms with van der Waals surface area (Å²) in [7, 11) is 0. The molecule has 0 unspecified atom stereocenters. The maximum Gasteiger partial charge on any atom is 0.0543 e. The van der Waals surface area contributed by atoms with Crippen LogP contribution in [-0.4, -0.2) is 0 Å². The van der Waals surface area contributed by atoms with E-state index in [4.69, 9.17) is 0 Å². The lowest BCUT2D eigenvalue weighted by atomic mass is 9.81. The zero-order valence-corrected chi connectivity index (χ0v) is 25.2. The lowest BCUT2D eigenvalue weighted by Crippen LogP contribution is -2.16. The van der Waals surface area contributed by atoms with Crippen LogP contribution in [0, 0.1) is 0 Å². The number of rotatable bonds is 4. The predicted octanol–water partition coefficient (Wildman–Crippen LogP) is 11.4. The van der Waals surface area contributed by atoms with Crippen molar-refractivity contribution in [2.75, 3.05) is 4.90 Å². The van der Waals surface area contributed by atoms with Gasteiger partial charge in [-0.3, -0.25) is 0 Å². The summed E-state index contributed by atoms with van der Waals surface area (Å²) in [5.74, 6) is 0. The van der Waals surface area contributed by atoms with Gasteiger partial charge < -0.3 is 4.90 Å². The Balaban J connectivity index is 1.30. The molecule has 0 radical (unpaired) electrons. The van der Waals surface area contributed by atoms with E-state index in [1.165, 1.54) is 61.3 Å². The fraction of sp³-hybridized carbons (Fsp3) is 0.143. The summed E-state index contributed by atoms with van der Waals surface area (Å²) in [6.07, 6.45) is 0. The highest BCUT2D eigenvalue weighted by Gasteiger charge is 2.38. The summed E-state index contributed by atoms with van der Waals surface area (Å²) in [4.78, 5) is 2.44. The van der Waals surface area contributed by atoms with Crippen molar-refractivity contribution in [3.63, 3.8) is 0 Å². The molecular formula is C42H35N. The van der Waals surface area contributed by atoms with Gasteiger partial charge in [-0.1, -0.05) is 131 Å². The predicted molar refractivity (Wildman–Crippen MR) is 182 cm³/mol. The Morgan fingerprint density at radius 3 is 1.74 bits per heavy atom. The van der Waals surface area contributed by atoms with Crippen LogP contribution in [0.5, 0.6) is 0 Å². The van der Waals surface area contributed by atoms with Crippen LogP contribution < -0.4 is 4.90 Å². The molecule has 0 N–H and O–H groups in total. The van der Waals surface area contributed by atoms with Gasteiger partial charge in [-0.15, -0.1) is 0 Å². The van der Waals surface area contributed by atoms with Gasteiger partial charge in [0, 0.05) is 27.8 Å². The van der Waals surface area contributed by atoms with Gasteiger partial charge in [-0.2, -0.15) is 0 Å². The first-order valence-corrected chi connectivity index (χ1v) is 15.3. The molecule has 208 valence electrons. The fourth-order valence-electron chi connectivity index (χ4n) is 7.63. The van der Waals surface area contributed by atoms with Crippen molar-refractivity contribution in [3.8, 4) is 33.4 Å². The van der Waals surface area contributed by atoms with Crippen molar-refractivity contribution in [2.24, 2.45) is 0 Å². The first-order chi connectivity index (χ1) is 20.9. The SMILES string of the molecule is CC1(C)c2ccccc2-c2ccc(-c3cccc(N(c4ccccc4)c4cccc5c4-c4ccccc4C5(C)C)c3)cc21. The molecule has 6 aromatic carbocycles. The van der Waals surface area contributed by atoms with E-state index in [1.807, 2.05) is 0 Å². The Labute approximate surface area is 255 Å². The first-order valence-electron chi connectivity index (χ1n) is 15.3. The Morgan fingerprint density at radius 1 is 0.395 bits per heavy atom. The molecule has 2 aliphatic carbocycles. The van der Waals surface area contributed by atoms with Crippen molar-refractivity contribution in [1.29, 1.82) is 0 Å². The fourth-order valence-corrected chi connectivity index (χ4v) is 7.63. The Bertz CT molecular complexity index is 2030. The van der Waals surface area contributed by atoms with Crippen molar-refractivity contribution in [3.05, 3.63) is 162 Å². The molecule has 0 amide bonds. The molecule has 8 rings (SSSR count). The molecule has 0 saturated carbocycles. The Hall–Kier alpha value is -4.88. The van der Waals surface area contributed by atoms with Gasteiger partial charge in [-0.25, -0.2) is 0 Å². The molecule has 0 heterocycles. The third-order valence-corrected chi connectivity index (χ3v) is 9.86. The number of benzene rings is 6. The van der Waals surface area contributed by atoms with Gasteiger partial charge in [0.15, 0.2) is 0 Å². The normalized spacial score (nSPS) is 14.9. The molecule has 0 bridgehead atoms. The lowest BCUT2D eigenvalue weighted by Gasteiger charge is -2.29. The van der Waals surface area contributed by atoms with Gasteiger partial charge in [-0.05, 0) is 86.5 Å². The van der Waals surface area contributed by atoms with Gasteiger partial charge in [0.1, 0.15) is 0 Å². The van der Waals surface area contributed by atoms with Crippen LogP contribution in [0.4, 0.5) is 17.1 Å². The molecule has 6 aromatic rings. The van der Waals surface area contributed by atoms with Crippen molar-refractivity contribution in [2.45, 2.75) is 38.5 Å². The monoisotopic (exact) mass is 553 g/mol. The topological polar surface area (TPSA) is 3.24 Å². The quantitative estimate of drug-likeness (QED) is 0.210. The molecular weight excluding hydrogens is 518 g/mol. The number of fused-ring (bicyclic) bond motifs is 6. The minimum Gasteiger partial charge on any atom is -0.310 e. The molecule has 0 atom stereocenters. The van der Waals surface area contributed by atoms with Gasteiger partial charge >= 0.3 is 0 Å². The van der Waals surface area contributed by atoms with Crippen molar-refractivity contribution in [1.82, 2.24) is 0 Å². The van der Waals surface area contributed by atoms with E-state index in [-0.39, 0.29) is 10.8 Å². The second-order valence-corrected chi connectivity index (χ2v) is 13.0. The molecule has 0 aliphatic heterocycles. The standard InChI is InChI=1S/C42H35N/c1-41(2)36-21-11-9-19-34(36)40-37(41)22-13-23-39(40)43(30-15-6-5-7-16-30)31-17-12-14-28(26-31)29-24-25-33-32-18-8-10-20-35(32)42(3,4)38(33)27-29/h5-27H,1-4H3. The molecule has 0 fully saturated rings. The number of hydrogen-bond donors (Lipinski definition) is 0. The minimum absolute atomic E-state index is 0.0274. The summed E-state index contributed by atoms with van der Waals surface area (Å²) in [6.45, 7) is 9.40. The average molecular weight is 554 g/mol. The van der Waals surface area contributed by atoms with E-state index < -0.39 is 0 Å². The van der Waals surface area contributed by atoms with Gasteiger partial charge in [0.2, 0.25) is 0 Å². The third-order valence-electron chi connectivity index (χ3n) is 9.86. The van der Waals surface area contributed by atoms with E-state index in [0.717, 1.165) is 11.4 Å². The second-order valence-electron chi connectivity index (χ2n) is 13.0. The largest absolute Gasteiger partial charge is 0.310 e. The van der Waals surface area contributed by atoms with Gasteiger partial charge in [0.05, 0.1) is 5.69 Å². The maximum absolute atomic E-state index is 2.44. The molecule has 0 aromatic heterocycles. The number of nitrogens with zero attached hydrogens (tertiary/aromatic N) is 1.